The Balaban J connectivity index is 3.90. The summed E-state index contributed by atoms with van der Waals surface area (Å²) in [6.45, 7) is -1.06. The first-order valence-electron chi connectivity index (χ1n) is 5.10. The number of aliphatic hydroxyl groups excluding tert-OH is 3. The van der Waals surface area contributed by atoms with E-state index in [1.807, 2.05) is 0 Å². The van der Waals surface area contributed by atoms with Crippen molar-refractivity contribution in [2.24, 2.45) is 0 Å². The van der Waals surface area contributed by atoms with Crippen LogP contribution < -0.4 is 0 Å². The Morgan fingerprint density at radius 3 is 2.05 bits per heavy atom. The van der Waals surface area contributed by atoms with Crippen LogP contribution >= 0.6 is 0 Å². The number of carbonyl (C=O) groups excluding carboxylic acids is 4. The van der Waals surface area contributed by atoms with Crippen LogP contribution in [0.5, 0.6) is 0 Å². The highest BCUT2D eigenvalue weighted by Gasteiger charge is 2.27. The molecule has 0 aromatic rings. The second kappa shape index (κ2) is 9.66. The molecule has 2 unspecified atom stereocenters. The third-order valence-electron chi connectivity index (χ3n) is 1.72. The van der Waals surface area contributed by atoms with Gasteiger partial charge >= 0.3 is 24.4 Å². The van der Waals surface area contributed by atoms with E-state index in [-0.39, 0.29) is 6.47 Å². The molecule has 0 aliphatic heterocycles. The summed E-state index contributed by atoms with van der Waals surface area (Å²) in [5, 5.41) is 26.3. The van der Waals surface area contributed by atoms with E-state index >= 15 is 0 Å². The lowest BCUT2D eigenvalue weighted by Crippen LogP contribution is -2.38. The molecule has 11 nitrogen and oxygen atoms in total. The number of rotatable bonds is 8. The molecule has 0 spiro atoms. The third-order valence-corrected chi connectivity index (χ3v) is 1.72. The monoisotopic (exact) mass is 296 g/mol. The molecule has 0 fully saturated rings. The fourth-order valence-electron chi connectivity index (χ4n) is 0.755. The highest BCUT2D eigenvalue weighted by atomic mass is 17.2. The van der Waals surface area contributed by atoms with E-state index in [4.69, 9.17) is 15.3 Å². The first kappa shape index (κ1) is 17.8. The van der Waals surface area contributed by atoms with Crippen molar-refractivity contribution in [2.75, 3.05) is 6.61 Å². The summed E-state index contributed by atoms with van der Waals surface area (Å²) >= 11 is 0. The van der Waals surface area contributed by atoms with Crippen LogP contribution in [0.15, 0.2) is 0 Å². The van der Waals surface area contributed by atoms with Gasteiger partial charge in [-0.05, 0) is 0 Å². The lowest BCUT2D eigenvalue weighted by molar-refractivity contribution is -0.268. The highest BCUT2D eigenvalue weighted by molar-refractivity contribution is 5.79. The number of aliphatic hydroxyl groups is 3. The Labute approximate surface area is 111 Å². The summed E-state index contributed by atoms with van der Waals surface area (Å²) in [5.74, 6) is -3.71. The van der Waals surface area contributed by atoms with Crippen LogP contribution in [0.4, 0.5) is 0 Å². The zero-order valence-corrected chi connectivity index (χ0v) is 9.96. The molecular formula is C9H12O11. The van der Waals surface area contributed by atoms with Crippen molar-refractivity contribution in [3.63, 3.8) is 0 Å². The molecule has 20 heavy (non-hydrogen) atoms. The van der Waals surface area contributed by atoms with Crippen LogP contribution in [0.3, 0.4) is 0 Å². The van der Waals surface area contributed by atoms with Gasteiger partial charge in [-0.15, -0.1) is 0 Å². The number of hydrogen-bond acceptors (Lipinski definition) is 11. The van der Waals surface area contributed by atoms with Gasteiger partial charge in [-0.2, -0.15) is 0 Å². The van der Waals surface area contributed by atoms with E-state index in [2.05, 4.69) is 19.6 Å². The van der Waals surface area contributed by atoms with E-state index in [0.29, 0.717) is 0 Å². The molecule has 0 amide bonds. The SMILES string of the molecule is O=COOC(=O)CCC(=O)OOC(=O)C(O)C(O)CO. The van der Waals surface area contributed by atoms with E-state index in [1.165, 1.54) is 0 Å². The Bertz CT molecular complexity index is 352. The van der Waals surface area contributed by atoms with E-state index < -0.39 is 49.6 Å². The quantitative estimate of drug-likeness (QED) is 0.239. The van der Waals surface area contributed by atoms with E-state index in [0.717, 1.165) is 0 Å². The van der Waals surface area contributed by atoms with Crippen LogP contribution in [0.25, 0.3) is 0 Å². The van der Waals surface area contributed by atoms with E-state index in [1.54, 1.807) is 0 Å². The van der Waals surface area contributed by atoms with Crippen molar-refractivity contribution in [3.8, 4) is 0 Å². The van der Waals surface area contributed by atoms with Crippen molar-refractivity contribution in [1.82, 2.24) is 0 Å². The molecular weight excluding hydrogens is 284 g/mol. The average molecular weight is 296 g/mol. The van der Waals surface area contributed by atoms with Crippen molar-refractivity contribution in [3.05, 3.63) is 0 Å². The van der Waals surface area contributed by atoms with Gasteiger partial charge in [0.1, 0.15) is 6.10 Å². The Morgan fingerprint density at radius 2 is 1.55 bits per heavy atom. The second-order valence-corrected chi connectivity index (χ2v) is 3.20. The highest BCUT2D eigenvalue weighted by Crippen LogP contribution is 2.00. The maximum Gasteiger partial charge on any atom is 0.386 e. The van der Waals surface area contributed by atoms with Gasteiger partial charge in [0.05, 0.1) is 19.4 Å². The third kappa shape index (κ3) is 7.25. The first-order chi connectivity index (χ1) is 9.42. The summed E-state index contributed by atoms with van der Waals surface area (Å²) < 4.78 is 0. The molecule has 11 heteroatoms. The van der Waals surface area contributed by atoms with Gasteiger partial charge < -0.3 is 15.3 Å². The van der Waals surface area contributed by atoms with Crippen molar-refractivity contribution in [2.45, 2.75) is 25.0 Å². The molecule has 114 valence electrons. The molecule has 0 saturated carbocycles. The zero-order chi connectivity index (χ0) is 15.5. The van der Waals surface area contributed by atoms with Crippen LogP contribution in [-0.2, 0) is 38.7 Å². The molecule has 0 heterocycles. The minimum atomic E-state index is -2.10. The smallest absolute Gasteiger partial charge is 0.386 e. The van der Waals surface area contributed by atoms with Crippen LogP contribution in [0.1, 0.15) is 12.8 Å². The minimum Gasteiger partial charge on any atom is -0.394 e. The summed E-state index contributed by atoms with van der Waals surface area (Å²) in [7, 11) is 0. The number of hydrogen-bond donors (Lipinski definition) is 3. The van der Waals surface area contributed by atoms with Crippen molar-refractivity contribution < 1.29 is 54.0 Å². The van der Waals surface area contributed by atoms with Crippen molar-refractivity contribution >= 4 is 24.4 Å². The molecule has 0 saturated heterocycles. The molecule has 0 aromatic carbocycles. The molecule has 0 radical (unpaired) electrons. The molecule has 0 aliphatic carbocycles. The van der Waals surface area contributed by atoms with Gasteiger partial charge in [0.25, 0.3) is 0 Å². The van der Waals surface area contributed by atoms with Gasteiger partial charge in [-0.25, -0.2) is 29.0 Å². The molecule has 2 atom stereocenters. The van der Waals surface area contributed by atoms with Gasteiger partial charge in [-0.3, -0.25) is 9.68 Å². The molecule has 3 N–H and O–H groups in total. The predicted molar refractivity (Wildman–Crippen MR) is 53.8 cm³/mol. The molecule has 0 rings (SSSR count). The maximum absolute atomic E-state index is 11.0. The van der Waals surface area contributed by atoms with Crippen LogP contribution in [0, 0.1) is 0 Å². The lowest BCUT2D eigenvalue weighted by Gasteiger charge is -2.12. The normalized spacial score (nSPS) is 12.8. The zero-order valence-electron chi connectivity index (χ0n) is 9.96. The average Bonchev–Trinajstić information content (AvgIpc) is 2.46. The molecule has 0 aliphatic rings. The predicted octanol–water partition coefficient (Wildman–Crippen LogP) is -2.89. The number of carbonyl (C=O) groups is 4. The maximum atomic E-state index is 11.0. The lowest BCUT2D eigenvalue weighted by atomic mass is 10.2. The first-order valence-corrected chi connectivity index (χ1v) is 5.10. The second-order valence-electron chi connectivity index (χ2n) is 3.20. The fraction of sp³-hybridized carbons (Fsp3) is 0.556. The Kier molecular flexibility index (Phi) is 8.58. The van der Waals surface area contributed by atoms with Gasteiger partial charge in [0.15, 0.2) is 6.10 Å². The minimum absolute atomic E-state index is 0.147. The Morgan fingerprint density at radius 1 is 1.00 bits per heavy atom. The van der Waals surface area contributed by atoms with Crippen molar-refractivity contribution in [1.29, 1.82) is 0 Å². The summed E-state index contributed by atoms with van der Waals surface area (Å²) in [5.41, 5.74) is 0. The Hall–Kier alpha value is -2.24. The largest absolute Gasteiger partial charge is 0.394 e. The standard InChI is InChI=1S/C9H12O11/c10-3-5(12)8(15)9(16)20-19-7(14)2-1-6(13)18-17-4-11/h4-5,8,10,12,15H,1-3H2. The van der Waals surface area contributed by atoms with Crippen LogP contribution in [-0.4, -0.2) is 58.5 Å². The van der Waals surface area contributed by atoms with Gasteiger partial charge in [-0.1, -0.05) is 0 Å². The topological polar surface area (TPSA) is 166 Å². The summed E-state index contributed by atoms with van der Waals surface area (Å²) in [6, 6.07) is 0. The molecule has 0 aromatic heterocycles. The summed E-state index contributed by atoms with van der Waals surface area (Å²) in [4.78, 5) is 57.6. The molecule has 0 bridgehead atoms. The van der Waals surface area contributed by atoms with Gasteiger partial charge in [0.2, 0.25) is 0 Å². The van der Waals surface area contributed by atoms with Gasteiger partial charge in [0, 0.05) is 0 Å². The van der Waals surface area contributed by atoms with Crippen LogP contribution in [0.2, 0.25) is 0 Å². The van der Waals surface area contributed by atoms with E-state index in [9.17, 15) is 19.2 Å². The summed E-state index contributed by atoms with van der Waals surface area (Å²) in [6.07, 6.45) is -4.98. The fourth-order valence-corrected chi connectivity index (χ4v) is 0.755.